The van der Waals surface area contributed by atoms with Crippen LogP contribution in [0.2, 0.25) is 0 Å². The maximum Gasteiger partial charge on any atom is 0.321 e. The van der Waals surface area contributed by atoms with Crippen LogP contribution in [0.1, 0.15) is 26.2 Å². The molecule has 0 fully saturated rings. The van der Waals surface area contributed by atoms with Crippen LogP contribution in [-0.2, 0) is 0 Å². The van der Waals surface area contributed by atoms with Crippen molar-refractivity contribution in [2.24, 2.45) is 0 Å². The molecule has 0 spiro atoms. The normalized spacial score (nSPS) is 9.27. The molecule has 1 aromatic rings. The lowest BCUT2D eigenvalue weighted by Gasteiger charge is -1.97. The van der Waals surface area contributed by atoms with Gasteiger partial charge in [0, 0.05) is 0 Å². The van der Waals surface area contributed by atoms with Gasteiger partial charge in [-0.3, -0.25) is 4.57 Å². The minimum Gasteiger partial charge on any atom is -0.259 e. The third-order valence-electron chi connectivity index (χ3n) is 0.962. The van der Waals surface area contributed by atoms with Gasteiger partial charge in [0.1, 0.15) is 12.2 Å². The van der Waals surface area contributed by atoms with Crippen LogP contribution in [0.3, 0.4) is 0 Å². The van der Waals surface area contributed by atoms with Crippen LogP contribution in [0.15, 0.2) is 6.33 Å². The summed E-state index contributed by atoms with van der Waals surface area (Å²) in [6.07, 6.45) is 1.00. The first-order valence-electron chi connectivity index (χ1n) is 3.36. The molecule has 5 heteroatoms. The number of aryl methyl sites for hydroxylation is 1. The van der Waals surface area contributed by atoms with E-state index in [1.165, 1.54) is 6.92 Å². The Morgan fingerprint density at radius 1 is 1.45 bits per heavy atom. The van der Waals surface area contributed by atoms with Gasteiger partial charge >= 0.3 is 6.55 Å². The van der Waals surface area contributed by atoms with Crippen molar-refractivity contribution in [1.29, 1.82) is 0 Å². The quantitative estimate of drug-likeness (QED) is 0.634. The predicted octanol–water partition coefficient (Wildman–Crippen LogP) is 2.01. The molecule has 0 aliphatic rings. The summed E-state index contributed by atoms with van der Waals surface area (Å²) in [6, 6.07) is 0. The molecular weight excluding hydrogens is 152 g/mol. The molecule has 1 rings (SSSR count). The topological polar surface area (TPSA) is 30.7 Å². The SMILES string of the molecule is CC.Cc1nncn1C(F)F. The van der Waals surface area contributed by atoms with Gasteiger partial charge in [0.2, 0.25) is 0 Å². The fraction of sp³-hybridized carbons (Fsp3) is 0.667. The van der Waals surface area contributed by atoms with Crippen molar-refractivity contribution >= 4 is 0 Å². The fourth-order valence-corrected chi connectivity index (χ4v) is 0.492. The largest absolute Gasteiger partial charge is 0.321 e. The van der Waals surface area contributed by atoms with Crippen molar-refractivity contribution in [3.05, 3.63) is 12.2 Å². The highest BCUT2D eigenvalue weighted by atomic mass is 19.3. The van der Waals surface area contributed by atoms with E-state index in [4.69, 9.17) is 0 Å². The van der Waals surface area contributed by atoms with Crippen molar-refractivity contribution in [2.45, 2.75) is 27.3 Å². The Bertz CT molecular complexity index is 197. The molecule has 64 valence electrons. The van der Waals surface area contributed by atoms with E-state index in [-0.39, 0.29) is 5.82 Å². The molecule has 11 heavy (non-hydrogen) atoms. The molecule has 3 nitrogen and oxygen atoms in total. The van der Waals surface area contributed by atoms with E-state index >= 15 is 0 Å². The van der Waals surface area contributed by atoms with Gasteiger partial charge in [-0.2, -0.15) is 8.78 Å². The van der Waals surface area contributed by atoms with Crippen molar-refractivity contribution in [2.75, 3.05) is 0 Å². The third-order valence-corrected chi connectivity index (χ3v) is 0.962. The highest BCUT2D eigenvalue weighted by Crippen LogP contribution is 2.09. The Balaban J connectivity index is 0.000000461. The van der Waals surface area contributed by atoms with Crippen LogP contribution in [0.5, 0.6) is 0 Å². The molecule has 0 aliphatic heterocycles. The van der Waals surface area contributed by atoms with Gasteiger partial charge in [-0.1, -0.05) is 13.8 Å². The minimum absolute atomic E-state index is 0.227. The zero-order chi connectivity index (χ0) is 8.85. The molecule has 0 N–H and O–H groups in total. The molecule has 1 heterocycles. The van der Waals surface area contributed by atoms with Gasteiger partial charge in [0.25, 0.3) is 0 Å². The van der Waals surface area contributed by atoms with Crippen LogP contribution >= 0.6 is 0 Å². The number of hydrogen-bond acceptors (Lipinski definition) is 2. The highest BCUT2D eigenvalue weighted by molar-refractivity contribution is 4.79. The molecule has 1 aromatic heterocycles. The lowest BCUT2D eigenvalue weighted by Crippen LogP contribution is -1.98. The average molecular weight is 163 g/mol. The van der Waals surface area contributed by atoms with Crippen molar-refractivity contribution in [3.63, 3.8) is 0 Å². The Morgan fingerprint density at radius 3 is 2.18 bits per heavy atom. The number of aromatic nitrogens is 3. The first-order chi connectivity index (χ1) is 5.22. The average Bonchev–Trinajstić information content (AvgIpc) is 2.39. The van der Waals surface area contributed by atoms with Gasteiger partial charge in [0.15, 0.2) is 0 Å². The lowest BCUT2D eigenvalue weighted by atomic mass is 10.7. The second kappa shape index (κ2) is 4.76. The van der Waals surface area contributed by atoms with Crippen LogP contribution in [-0.4, -0.2) is 14.8 Å². The van der Waals surface area contributed by atoms with Gasteiger partial charge in [0.05, 0.1) is 0 Å². The fourth-order valence-electron chi connectivity index (χ4n) is 0.492. The Hall–Kier alpha value is -1.00. The minimum atomic E-state index is -2.53. The summed E-state index contributed by atoms with van der Waals surface area (Å²) in [5.41, 5.74) is 0. The molecule has 0 bridgehead atoms. The molecule has 0 atom stereocenters. The summed E-state index contributed by atoms with van der Waals surface area (Å²) in [4.78, 5) is 0. The molecule has 0 unspecified atom stereocenters. The monoisotopic (exact) mass is 163 g/mol. The Labute approximate surface area is 64.1 Å². The summed E-state index contributed by atoms with van der Waals surface area (Å²) in [5, 5.41) is 6.65. The van der Waals surface area contributed by atoms with E-state index in [9.17, 15) is 8.78 Å². The van der Waals surface area contributed by atoms with E-state index < -0.39 is 6.55 Å². The second-order valence-electron chi connectivity index (χ2n) is 1.56. The van der Waals surface area contributed by atoms with Crippen LogP contribution < -0.4 is 0 Å². The molecule has 0 saturated carbocycles. The number of rotatable bonds is 1. The van der Waals surface area contributed by atoms with E-state index in [1.54, 1.807) is 0 Å². The highest BCUT2D eigenvalue weighted by Gasteiger charge is 2.07. The number of nitrogens with zero attached hydrogens (tertiary/aromatic N) is 3. The van der Waals surface area contributed by atoms with Crippen LogP contribution in [0, 0.1) is 6.92 Å². The molecule has 0 aliphatic carbocycles. The molecule has 0 saturated heterocycles. The first kappa shape index (κ1) is 10.0. The second-order valence-corrected chi connectivity index (χ2v) is 1.56. The summed E-state index contributed by atoms with van der Waals surface area (Å²) in [5.74, 6) is 0.227. The van der Waals surface area contributed by atoms with E-state index in [1.807, 2.05) is 13.8 Å². The molecule has 0 radical (unpaired) electrons. The van der Waals surface area contributed by atoms with Crippen LogP contribution in [0.25, 0.3) is 0 Å². The van der Waals surface area contributed by atoms with Gasteiger partial charge < -0.3 is 0 Å². The summed E-state index contributed by atoms with van der Waals surface area (Å²) in [6.45, 7) is 2.94. The zero-order valence-electron chi connectivity index (χ0n) is 6.75. The smallest absolute Gasteiger partial charge is 0.259 e. The Kier molecular flexibility index (Phi) is 4.33. The predicted molar refractivity (Wildman–Crippen MR) is 37.4 cm³/mol. The summed E-state index contributed by atoms with van der Waals surface area (Å²) in [7, 11) is 0. The number of alkyl halides is 2. The van der Waals surface area contributed by atoms with Crippen molar-refractivity contribution < 1.29 is 8.78 Å². The molecule has 0 amide bonds. The standard InChI is InChI=1S/C4H5F2N3.C2H6/c1-3-8-7-2-9(3)4(5)6;1-2/h2,4H,1H3;1-2H3. The maximum absolute atomic E-state index is 11.7. The summed E-state index contributed by atoms with van der Waals surface area (Å²) >= 11 is 0. The summed E-state index contributed by atoms with van der Waals surface area (Å²) < 4.78 is 24.2. The van der Waals surface area contributed by atoms with Gasteiger partial charge in [-0.15, -0.1) is 10.2 Å². The Morgan fingerprint density at radius 2 is 2.00 bits per heavy atom. The maximum atomic E-state index is 11.7. The van der Waals surface area contributed by atoms with Crippen molar-refractivity contribution in [3.8, 4) is 0 Å². The van der Waals surface area contributed by atoms with E-state index in [2.05, 4.69) is 10.2 Å². The van der Waals surface area contributed by atoms with Gasteiger partial charge in [-0.05, 0) is 6.92 Å². The first-order valence-corrected chi connectivity index (χ1v) is 3.36. The van der Waals surface area contributed by atoms with E-state index in [0.29, 0.717) is 4.57 Å². The third kappa shape index (κ3) is 2.61. The van der Waals surface area contributed by atoms with Crippen molar-refractivity contribution in [1.82, 2.24) is 14.8 Å². The number of hydrogen-bond donors (Lipinski definition) is 0. The lowest BCUT2D eigenvalue weighted by molar-refractivity contribution is 0.0676. The molecule has 0 aromatic carbocycles. The molecular formula is C6H11F2N3. The van der Waals surface area contributed by atoms with E-state index in [0.717, 1.165) is 6.33 Å². The van der Waals surface area contributed by atoms with Crippen LogP contribution in [0.4, 0.5) is 8.78 Å². The van der Waals surface area contributed by atoms with Gasteiger partial charge in [-0.25, -0.2) is 0 Å². The zero-order valence-corrected chi connectivity index (χ0v) is 6.75. The number of halogens is 2.